The predicted molar refractivity (Wildman–Crippen MR) is 125 cm³/mol. The van der Waals surface area contributed by atoms with Gasteiger partial charge in [0.15, 0.2) is 0 Å². The number of hydrogen-bond acceptors (Lipinski definition) is 6. The molecule has 0 aromatic heterocycles. The highest BCUT2D eigenvalue weighted by Gasteiger charge is 2.23. The standard InChI is InChI=1S/C22H29N5O5S/c1-15-9-11-17(12-10-15)33(31,32)27-22(24)25-13-5-8-19(21(29)30)26-20(28)18(23)14-16-6-3-2-4-7-16/h2-4,6-7,9-12,18-19H,5,8,13-14,23H2,1H3,(H,26,28)(H,29,30)(H3,24,25,27)/t18-,19-/m0/s1. The number of nitrogens with two attached hydrogens (primary N) is 2. The van der Waals surface area contributed by atoms with Gasteiger partial charge in [-0.1, -0.05) is 48.0 Å². The molecule has 0 saturated heterocycles. The smallest absolute Gasteiger partial charge is 0.326 e. The molecule has 2 rings (SSSR count). The number of carboxylic acids is 1. The lowest BCUT2D eigenvalue weighted by atomic mass is 10.1. The van der Waals surface area contributed by atoms with E-state index < -0.39 is 34.0 Å². The first-order valence-corrected chi connectivity index (χ1v) is 11.8. The van der Waals surface area contributed by atoms with Gasteiger partial charge in [0, 0.05) is 6.54 Å². The van der Waals surface area contributed by atoms with E-state index >= 15 is 0 Å². The summed E-state index contributed by atoms with van der Waals surface area (Å²) in [5, 5.41) is 11.8. The topological polar surface area (TPSA) is 177 Å². The molecule has 0 heterocycles. The molecule has 0 aliphatic rings. The van der Waals surface area contributed by atoms with Gasteiger partial charge in [0.2, 0.25) is 11.9 Å². The molecule has 2 atom stereocenters. The van der Waals surface area contributed by atoms with Crippen molar-refractivity contribution >= 4 is 27.9 Å². The fraction of sp³-hybridized carbons (Fsp3) is 0.318. The Morgan fingerprint density at radius 2 is 1.73 bits per heavy atom. The molecule has 0 saturated carbocycles. The van der Waals surface area contributed by atoms with Crippen molar-refractivity contribution in [1.82, 2.24) is 10.0 Å². The van der Waals surface area contributed by atoms with E-state index in [1.54, 1.807) is 12.1 Å². The third-order valence-electron chi connectivity index (χ3n) is 4.75. The Balaban J connectivity index is 1.84. The maximum Gasteiger partial charge on any atom is 0.326 e. The van der Waals surface area contributed by atoms with Crippen LogP contribution in [0.3, 0.4) is 0 Å². The summed E-state index contributed by atoms with van der Waals surface area (Å²) in [5.41, 5.74) is 13.3. The van der Waals surface area contributed by atoms with Crippen molar-refractivity contribution in [2.24, 2.45) is 16.5 Å². The highest BCUT2D eigenvalue weighted by molar-refractivity contribution is 7.90. The lowest BCUT2D eigenvalue weighted by Gasteiger charge is -2.17. The molecule has 0 aliphatic carbocycles. The number of guanidine groups is 1. The molecule has 2 aromatic rings. The van der Waals surface area contributed by atoms with Crippen LogP contribution in [0, 0.1) is 6.92 Å². The summed E-state index contributed by atoms with van der Waals surface area (Å²) >= 11 is 0. The van der Waals surface area contributed by atoms with Gasteiger partial charge in [-0.05, 0) is 43.9 Å². The van der Waals surface area contributed by atoms with Crippen molar-refractivity contribution < 1.29 is 23.1 Å². The Labute approximate surface area is 193 Å². The molecule has 33 heavy (non-hydrogen) atoms. The number of aliphatic carboxylic acids is 1. The Kier molecular flexibility index (Phi) is 9.37. The summed E-state index contributed by atoms with van der Waals surface area (Å²) in [5.74, 6) is -2.08. The van der Waals surface area contributed by atoms with Crippen molar-refractivity contribution in [3.05, 3.63) is 65.7 Å². The summed E-state index contributed by atoms with van der Waals surface area (Å²) in [4.78, 5) is 27.8. The van der Waals surface area contributed by atoms with Crippen LogP contribution in [0.15, 0.2) is 64.5 Å². The van der Waals surface area contributed by atoms with Crippen LogP contribution in [-0.2, 0) is 26.0 Å². The van der Waals surface area contributed by atoms with Crippen molar-refractivity contribution in [3.63, 3.8) is 0 Å². The van der Waals surface area contributed by atoms with Crippen LogP contribution in [-0.4, -0.2) is 50.0 Å². The average molecular weight is 476 g/mol. The summed E-state index contributed by atoms with van der Waals surface area (Å²) in [6.07, 6.45) is 0.597. The summed E-state index contributed by atoms with van der Waals surface area (Å²) in [7, 11) is -3.87. The number of sulfonamides is 1. The van der Waals surface area contributed by atoms with E-state index in [2.05, 4.69) is 15.0 Å². The Morgan fingerprint density at radius 1 is 1.09 bits per heavy atom. The van der Waals surface area contributed by atoms with Crippen molar-refractivity contribution in [1.29, 1.82) is 0 Å². The molecule has 11 heteroatoms. The normalized spacial score (nSPS) is 13.7. The summed E-state index contributed by atoms with van der Waals surface area (Å²) in [6.45, 7) is 1.90. The first-order valence-electron chi connectivity index (χ1n) is 10.3. The minimum Gasteiger partial charge on any atom is -0.480 e. The molecule has 0 fully saturated rings. The molecule has 0 aliphatic heterocycles. The first-order chi connectivity index (χ1) is 15.6. The number of nitrogens with one attached hydrogen (secondary N) is 2. The molecule has 178 valence electrons. The van der Waals surface area contributed by atoms with Crippen LogP contribution in [0.4, 0.5) is 0 Å². The second-order valence-corrected chi connectivity index (χ2v) is 9.21. The largest absolute Gasteiger partial charge is 0.480 e. The zero-order valence-corrected chi connectivity index (χ0v) is 19.1. The van der Waals surface area contributed by atoms with Gasteiger partial charge in [0.25, 0.3) is 10.0 Å². The highest BCUT2D eigenvalue weighted by Crippen LogP contribution is 2.09. The van der Waals surface area contributed by atoms with E-state index in [4.69, 9.17) is 11.5 Å². The summed E-state index contributed by atoms with van der Waals surface area (Å²) < 4.78 is 26.8. The van der Waals surface area contributed by atoms with Gasteiger partial charge in [0.1, 0.15) is 6.04 Å². The minimum absolute atomic E-state index is 0.0479. The third kappa shape index (κ3) is 8.54. The number of nitrogens with zero attached hydrogens (tertiary/aromatic N) is 1. The zero-order chi connectivity index (χ0) is 24.4. The SMILES string of the molecule is Cc1ccc(S(=O)(=O)NC(N)=NCCC[C@H](NC(=O)[C@@H](N)Cc2ccccc2)C(=O)O)cc1. The first kappa shape index (κ1) is 25.8. The van der Waals surface area contributed by atoms with Crippen molar-refractivity contribution in [3.8, 4) is 0 Å². The van der Waals surface area contributed by atoms with Gasteiger partial charge in [-0.2, -0.15) is 0 Å². The number of aryl methyl sites for hydroxylation is 1. The number of amides is 1. The number of benzene rings is 2. The molecule has 0 unspecified atom stereocenters. The van der Waals surface area contributed by atoms with Gasteiger partial charge >= 0.3 is 5.97 Å². The number of carbonyl (C=O) groups is 2. The van der Waals surface area contributed by atoms with E-state index in [1.165, 1.54) is 12.1 Å². The second-order valence-electron chi connectivity index (χ2n) is 7.52. The second kappa shape index (κ2) is 12.0. The highest BCUT2D eigenvalue weighted by atomic mass is 32.2. The number of carboxylic acid groups (broad SMARTS) is 1. The predicted octanol–water partition coefficient (Wildman–Crippen LogP) is 0.508. The maximum atomic E-state index is 12.3. The fourth-order valence-corrected chi connectivity index (χ4v) is 3.89. The number of rotatable bonds is 11. The summed E-state index contributed by atoms with van der Waals surface area (Å²) in [6, 6.07) is 13.3. The third-order valence-corrected chi connectivity index (χ3v) is 6.12. The molecule has 2 aromatic carbocycles. The Hall–Kier alpha value is -3.44. The molecular weight excluding hydrogens is 446 g/mol. The maximum absolute atomic E-state index is 12.3. The van der Waals surface area contributed by atoms with Crippen LogP contribution < -0.4 is 21.5 Å². The number of aliphatic imine (C=N–C) groups is 1. The zero-order valence-electron chi connectivity index (χ0n) is 18.3. The average Bonchev–Trinajstić information content (AvgIpc) is 2.76. The lowest BCUT2D eigenvalue weighted by molar-refractivity contribution is -0.142. The van der Waals surface area contributed by atoms with Gasteiger partial charge in [-0.3, -0.25) is 9.79 Å². The van der Waals surface area contributed by atoms with Gasteiger partial charge < -0.3 is 21.9 Å². The monoisotopic (exact) mass is 475 g/mol. The molecule has 0 radical (unpaired) electrons. The molecule has 1 amide bonds. The van der Waals surface area contributed by atoms with Crippen LogP contribution in [0.1, 0.15) is 24.0 Å². The van der Waals surface area contributed by atoms with Gasteiger partial charge in [-0.15, -0.1) is 0 Å². The van der Waals surface area contributed by atoms with Gasteiger partial charge in [0.05, 0.1) is 10.9 Å². The quantitative estimate of drug-likeness (QED) is 0.178. The van der Waals surface area contributed by atoms with Crippen molar-refractivity contribution in [2.75, 3.05) is 6.54 Å². The van der Waals surface area contributed by atoms with E-state index in [0.29, 0.717) is 0 Å². The molecule has 7 N–H and O–H groups in total. The molecule has 0 spiro atoms. The van der Waals surface area contributed by atoms with Crippen LogP contribution in [0.25, 0.3) is 0 Å². The van der Waals surface area contributed by atoms with E-state index in [1.807, 2.05) is 37.3 Å². The molecule has 0 bridgehead atoms. The molecule has 10 nitrogen and oxygen atoms in total. The van der Waals surface area contributed by atoms with E-state index in [0.717, 1.165) is 11.1 Å². The number of carbonyl (C=O) groups excluding carboxylic acids is 1. The minimum atomic E-state index is -3.87. The van der Waals surface area contributed by atoms with Crippen molar-refractivity contribution in [2.45, 2.75) is 43.2 Å². The molecular formula is C22H29N5O5S. The fourth-order valence-electron chi connectivity index (χ4n) is 2.94. The lowest BCUT2D eigenvalue weighted by Crippen LogP contribution is -2.49. The Morgan fingerprint density at radius 3 is 2.33 bits per heavy atom. The van der Waals surface area contributed by atoms with Gasteiger partial charge in [-0.25, -0.2) is 17.9 Å². The van der Waals surface area contributed by atoms with E-state index in [-0.39, 0.29) is 36.7 Å². The van der Waals surface area contributed by atoms with Crippen LogP contribution in [0.5, 0.6) is 0 Å². The number of hydrogen-bond donors (Lipinski definition) is 5. The van der Waals surface area contributed by atoms with E-state index in [9.17, 15) is 23.1 Å². The van der Waals surface area contributed by atoms with Crippen LogP contribution in [0.2, 0.25) is 0 Å². The Bertz CT molecular complexity index is 1070. The van der Waals surface area contributed by atoms with Crippen LogP contribution >= 0.6 is 0 Å².